The highest BCUT2D eigenvalue weighted by molar-refractivity contribution is 6.00. The summed E-state index contributed by atoms with van der Waals surface area (Å²) in [5, 5.41) is 25.0. The molecule has 0 saturated heterocycles. The average Bonchev–Trinajstić information content (AvgIpc) is 1.88. The van der Waals surface area contributed by atoms with E-state index in [-0.39, 0.29) is 0 Å². The Morgan fingerprint density at radius 2 is 1.73 bits per heavy atom. The molecule has 0 fully saturated rings. The van der Waals surface area contributed by atoms with E-state index < -0.39 is 24.1 Å². The molecule has 2 unspecified atom stereocenters. The van der Waals surface area contributed by atoms with E-state index in [1.165, 1.54) is 0 Å². The van der Waals surface area contributed by atoms with E-state index in [1.54, 1.807) is 0 Å². The third-order valence-corrected chi connectivity index (χ3v) is 1.04. The van der Waals surface area contributed by atoms with Crippen LogP contribution in [0.15, 0.2) is 0 Å². The molecule has 0 aromatic rings. The highest BCUT2D eigenvalue weighted by atomic mass is 16.5. The molecule has 7 heteroatoms. The van der Waals surface area contributed by atoms with Crippen LogP contribution in [0.4, 0.5) is 0 Å². The maximum atomic E-state index is 10.1. The quantitative estimate of drug-likeness (QED) is 0.393. The topological polar surface area (TPSA) is 104 Å². The van der Waals surface area contributed by atoms with Crippen LogP contribution in [0.1, 0.15) is 0 Å². The van der Waals surface area contributed by atoms with Crippen LogP contribution in [0.25, 0.3) is 0 Å². The number of aliphatic hydroxyl groups is 1. The van der Waals surface area contributed by atoms with Crippen LogP contribution >= 0.6 is 0 Å². The molecule has 0 saturated carbocycles. The molecular weight excluding hydrogens is 155 g/mol. The van der Waals surface area contributed by atoms with Crippen molar-refractivity contribution < 1.29 is 29.6 Å². The molecule has 0 aliphatic rings. The summed E-state index contributed by atoms with van der Waals surface area (Å²) in [6, 6.07) is 0. The van der Waals surface area contributed by atoms with Gasteiger partial charge in [0, 0.05) is 0 Å². The van der Waals surface area contributed by atoms with E-state index in [0.29, 0.717) is 0 Å². The second kappa shape index (κ2) is 3.94. The molecular formula is C4H7BO6. The molecule has 0 aromatic carbocycles. The van der Waals surface area contributed by atoms with E-state index in [0.717, 1.165) is 8.05 Å². The SMILES string of the molecule is BOC(C(=O)O)C(O)C(=O)O. The summed E-state index contributed by atoms with van der Waals surface area (Å²) < 4.78 is 4.20. The van der Waals surface area contributed by atoms with Gasteiger partial charge in [0.05, 0.1) is 0 Å². The van der Waals surface area contributed by atoms with Crippen LogP contribution in [0.2, 0.25) is 0 Å². The lowest BCUT2D eigenvalue weighted by atomic mass is 10.2. The first-order valence-corrected chi connectivity index (χ1v) is 2.67. The maximum absolute atomic E-state index is 10.1. The Kier molecular flexibility index (Phi) is 3.56. The van der Waals surface area contributed by atoms with Crippen molar-refractivity contribution in [1.82, 2.24) is 0 Å². The number of hydrogen-bond donors (Lipinski definition) is 3. The van der Waals surface area contributed by atoms with Crippen LogP contribution in [0.5, 0.6) is 0 Å². The smallest absolute Gasteiger partial charge is 0.335 e. The summed E-state index contributed by atoms with van der Waals surface area (Å²) in [5.41, 5.74) is 0. The van der Waals surface area contributed by atoms with Crippen molar-refractivity contribution in [1.29, 1.82) is 0 Å². The summed E-state index contributed by atoms with van der Waals surface area (Å²) in [5.74, 6) is -3.14. The van der Waals surface area contributed by atoms with E-state index in [9.17, 15) is 9.59 Å². The second-order valence-corrected chi connectivity index (χ2v) is 1.78. The second-order valence-electron chi connectivity index (χ2n) is 1.78. The molecule has 0 radical (unpaired) electrons. The number of rotatable bonds is 4. The number of carbonyl (C=O) groups is 2. The van der Waals surface area contributed by atoms with Gasteiger partial charge in [-0.05, 0) is 0 Å². The minimum Gasteiger partial charge on any atom is -0.479 e. The molecule has 0 aromatic heterocycles. The van der Waals surface area contributed by atoms with Crippen LogP contribution in [0.3, 0.4) is 0 Å². The van der Waals surface area contributed by atoms with Crippen molar-refractivity contribution >= 4 is 20.0 Å². The lowest BCUT2D eigenvalue weighted by molar-refractivity contribution is -0.163. The van der Waals surface area contributed by atoms with Crippen LogP contribution < -0.4 is 0 Å². The van der Waals surface area contributed by atoms with Gasteiger partial charge in [0.1, 0.15) is 0 Å². The van der Waals surface area contributed by atoms with Gasteiger partial charge in [0.2, 0.25) is 0 Å². The number of carboxylic acids is 2. The molecule has 0 aliphatic carbocycles. The van der Waals surface area contributed by atoms with Gasteiger partial charge >= 0.3 is 11.9 Å². The van der Waals surface area contributed by atoms with Gasteiger partial charge in [0.25, 0.3) is 8.05 Å². The third-order valence-electron chi connectivity index (χ3n) is 1.04. The van der Waals surface area contributed by atoms with E-state index in [1.807, 2.05) is 0 Å². The van der Waals surface area contributed by atoms with Gasteiger partial charge in [0.15, 0.2) is 12.2 Å². The Labute approximate surface area is 62.8 Å². The van der Waals surface area contributed by atoms with Crippen molar-refractivity contribution in [3.8, 4) is 0 Å². The van der Waals surface area contributed by atoms with Gasteiger partial charge in [-0.15, -0.1) is 0 Å². The lowest BCUT2D eigenvalue weighted by Gasteiger charge is -2.13. The monoisotopic (exact) mass is 162 g/mol. The first kappa shape index (κ1) is 9.92. The molecule has 11 heavy (non-hydrogen) atoms. The summed E-state index contributed by atoms with van der Waals surface area (Å²) in [6.45, 7) is 0. The molecule has 0 amide bonds. The van der Waals surface area contributed by atoms with Crippen molar-refractivity contribution in [2.75, 3.05) is 0 Å². The fraction of sp³-hybridized carbons (Fsp3) is 0.500. The minimum absolute atomic E-state index is 1.00. The van der Waals surface area contributed by atoms with Crippen LogP contribution in [0, 0.1) is 0 Å². The number of carboxylic acid groups (broad SMARTS) is 2. The Balaban J connectivity index is 4.25. The Morgan fingerprint density at radius 1 is 1.27 bits per heavy atom. The molecule has 62 valence electrons. The Bertz CT molecular complexity index is 168. The summed E-state index contributed by atoms with van der Waals surface area (Å²) in [6.07, 6.45) is -3.75. The zero-order valence-electron chi connectivity index (χ0n) is 5.72. The average molecular weight is 162 g/mol. The van der Waals surface area contributed by atoms with Crippen molar-refractivity contribution in [3.05, 3.63) is 0 Å². The molecule has 0 spiro atoms. The van der Waals surface area contributed by atoms with Crippen molar-refractivity contribution in [2.24, 2.45) is 0 Å². The Morgan fingerprint density at radius 3 is 1.82 bits per heavy atom. The highest BCUT2D eigenvalue weighted by Crippen LogP contribution is 1.97. The van der Waals surface area contributed by atoms with Gasteiger partial charge in [-0.25, -0.2) is 9.59 Å². The van der Waals surface area contributed by atoms with Crippen LogP contribution in [-0.2, 0) is 14.2 Å². The highest BCUT2D eigenvalue weighted by Gasteiger charge is 2.31. The normalized spacial score (nSPS) is 15.4. The fourth-order valence-corrected chi connectivity index (χ4v) is 0.494. The molecule has 0 rings (SSSR count). The zero-order valence-corrected chi connectivity index (χ0v) is 5.72. The summed E-state index contributed by atoms with van der Waals surface area (Å²) in [4.78, 5) is 20.1. The Hall–Kier alpha value is -1.08. The predicted molar refractivity (Wildman–Crippen MR) is 34.7 cm³/mol. The lowest BCUT2D eigenvalue weighted by Crippen LogP contribution is -2.41. The standard InChI is InChI=1S/C4H7BO6/c5-11-2(4(9)10)1(6)3(7)8/h1-2,6H,5H2,(H,7,8)(H,9,10). The van der Waals surface area contributed by atoms with E-state index in [2.05, 4.69) is 4.65 Å². The molecule has 0 aliphatic heterocycles. The fourth-order valence-electron chi connectivity index (χ4n) is 0.494. The third kappa shape index (κ3) is 2.56. The van der Waals surface area contributed by atoms with Crippen molar-refractivity contribution in [2.45, 2.75) is 12.2 Å². The summed E-state index contributed by atoms with van der Waals surface area (Å²) >= 11 is 0. The first-order chi connectivity index (χ1) is 5.00. The van der Waals surface area contributed by atoms with Crippen LogP contribution in [-0.4, -0.2) is 47.5 Å². The molecule has 3 N–H and O–H groups in total. The van der Waals surface area contributed by atoms with E-state index in [4.69, 9.17) is 15.3 Å². The van der Waals surface area contributed by atoms with Gasteiger partial charge in [-0.1, -0.05) is 0 Å². The van der Waals surface area contributed by atoms with Gasteiger partial charge < -0.3 is 20.0 Å². The van der Waals surface area contributed by atoms with Gasteiger partial charge in [-0.2, -0.15) is 0 Å². The molecule has 2 atom stereocenters. The molecule has 6 nitrogen and oxygen atoms in total. The predicted octanol–water partition coefficient (Wildman–Crippen LogP) is -2.55. The first-order valence-electron chi connectivity index (χ1n) is 2.67. The molecule has 0 heterocycles. The largest absolute Gasteiger partial charge is 0.479 e. The zero-order chi connectivity index (χ0) is 9.02. The number of aliphatic hydroxyl groups excluding tert-OH is 1. The summed E-state index contributed by atoms with van der Waals surface area (Å²) in [7, 11) is 1.00. The molecule has 0 bridgehead atoms. The number of aliphatic carboxylic acids is 2. The number of hydrogen-bond acceptors (Lipinski definition) is 4. The van der Waals surface area contributed by atoms with E-state index >= 15 is 0 Å². The minimum atomic E-state index is -2.03. The van der Waals surface area contributed by atoms with Crippen molar-refractivity contribution in [3.63, 3.8) is 0 Å². The maximum Gasteiger partial charge on any atom is 0.335 e. The van der Waals surface area contributed by atoms with Gasteiger partial charge in [-0.3, -0.25) is 0 Å².